The molecular formula is C10H21NO4S. The summed E-state index contributed by atoms with van der Waals surface area (Å²) in [7, 11) is -2.98. The molecule has 96 valence electrons. The molecule has 1 saturated heterocycles. The fourth-order valence-electron chi connectivity index (χ4n) is 1.87. The summed E-state index contributed by atoms with van der Waals surface area (Å²) in [5.41, 5.74) is -0.869. The van der Waals surface area contributed by atoms with Gasteiger partial charge in [-0.15, -0.1) is 0 Å². The van der Waals surface area contributed by atoms with Gasteiger partial charge in [0.1, 0.15) is 15.4 Å². The van der Waals surface area contributed by atoms with E-state index >= 15 is 0 Å². The molecule has 1 rings (SSSR count). The average Bonchev–Trinajstić information content (AvgIpc) is 2.42. The third kappa shape index (κ3) is 4.01. The molecule has 2 N–H and O–H groups in total. The molecule has 0 aromatic heterocycles. The Morgan fingerprint density at radius 3 is 2.69 bits per heavy atom. The quantitative estimate of drug-likeness (QED) is 0.692. The molecule has 16 heavy (non-hydrogen) atoms. The molecule has 0 aromatic rings. The molecule has 0 spiro atoms. The van der Waals surface area contributed by atoms with Gasteiger partial charge in [0.25, 0.3) is 0 Å². The number of ether oxygens (including phenoxy) is 1. The largest absolute Gasteiger partial charge is 0.386 e. The second-order valence-electron chi connectivity index (χ2n) is 4.74. The van der Waals surface area contributed by atoms with Crippen LogP contribution in [0.1, 0.15) is 20.3 Å². The number of aliphatic hydroxyl groups is 1. The molecule has 0 aromatic carbocycles. The first kappa shape index (κ1) is 13.9. The first-order valence-electron chi connectivity index (χ1n) is 5.48. The van der Waals surface area contributed by atoms with Crippen molar-refractivity contribution in [2.24, 2.45) is 0 Å². The van der Waals surface area contributed by atoms with Crippen molar-refractivity contribution in [3.63, 3.8) is 0 Å². The van der Waals surface area contributed by atoms with Crippen LogP contribution in [0.5, 0.6) is 0 Å². The Hall–Kier alpha value is -0.170. The topological polar surface area (TPSA) is 75.6 Å². The van der Waals surface area contributed by atoms with Gasteiger partial charge in [-0.25, -0.2) is 8.42 Å². The molecule has 6 heteroatoms. The van der Waals surface area contributed by atoms with Crippen LogP contribution >= 0.6 is 0 Å². The normalized spacial score (nSPS) is 32.9. The lowest BCUT2D eigenvalue weighted by Crippen LogP contribution is -2.49. The van der Waals surface area contributed by atoms with Crippen LogP contribution in [0.3, 0.4) is 0 Å². The van der Waals surface area contributed by atoms with Crippen LogP contribution in [-0.2, 0) is 14.6 Å². The second kappa shape index (κ2) is 5.00. The van der Waals surface area contributed by atoms with E-state index in [1.165, 1.54) is 6.26 Å². The molecule has 0 aliphatic carbocycles. The number of sulfone groups is 1. The molecule has 1 aliphatic heterocycles. The lowest BCUT2D eigenvalue weighted by atomic mass is 9.96. The van der Waals surface area contributed by atoms with Gasteiger partial charge in [0.15, 0.2) is 0 Å². The SMILES string of the molecule is CC(CS(C)(=O)=O)NCC1(O)CCOC1C. The van der Waals surface area contributed by atoms with Gasteiger partial charge in [-0.3, -0.25) is 0 Å². The molecule has 0 radical (unpaired) electrons. The van der Waals surface area contributed by atoms with Crippen molar-refractivity contribution < 1.29 is 18.3 Å². The van der Waals surface area contributed by atoms with Crippen molar-refractivity contribution in [2.45, 2.75) is 38.0 Å². The maximum absolute atomic E-state index is 11.1. The lowest BCUT2D eigenvalue weighted by Gasteiger charge is -2.28. The molecule has 1 heterocycles. The molecule has 0 saturated carbocycles. The van der Waals surface area contributed by atoms with Gasteiger partial charge in [0.05, 0.1) is 11.9 Å². The highest BCUT2D eigenvalue weighted by atomic mass is 32.2. The fraction of sp³-hybridized carbons (Fsp3) is 1.00. The Bertz CT molecular complexity index is 330. The predicted molar refractivity (Wildman–Crippen MR) is 62.2 cm³/mol. The summed E-state index contributed by atoms with van der Waals surface area (Å²) in [6.45, 7) is 4.55. The van der Waals surface area contributed by atoms with E-state index in [0.717, 1.165) is 0 Å². The smallest absolute Gasteiger partial charge is 0.148 e. The lowest BCUT2D eigenvalue weighted by molar-refractivity contribution is -0.0270. The average molecular weight is 251 g/mol. The first-order valence-corrected chi connectivity index (χ1v) is 7.54. The zero-order valence-electron chi connectivity index (χ0n) is 10.1. The van der Waals surface area contributed by atoms with Crippen LogP contribution in [0.25, 0.3) is 0 Å². The fourth-order valence-corrected chi connectivity index (χ4v) is 2.89. The third-order valence-electron chi connectivity index (χ3n) is 2.97. The molecule has 5 nitrogen and oxygen atoms in total. The van der Waals surface area contributed by atoms with Crippen LogP contribution < -0.4 is 5.32 Å². The predicted octanol–water partition coefficient (Wildman–Crippen LogP) is -0.451. The zero-order chi connectivity index (χ0) is 12.4. The minimum atomic E-state index is -2.98. The van der Waals surface area contributed by atoms with Gasteiger partial charge in [0, 0.05) is 31.9 Å². The van der Waals surface area contributed by atoms with Crippen molar-refractivity contribution in [3.05, 3.63) is 0 Å². The maximum atomic E-state index is 11.1. The summed E-state index contributed by atoms with van der Waals surface area (Å²) in [4.78, 5) is 0. The van der Waals surface area contributed by atoms with E-state index in [4.69, 9.17) is 4.74 Å². The third-order valence-corrected chi connectivity index (χ3v) is 4.07. The molecule has 0 bridgehead atoms. The summed E-state index contributed by atoms with van der Waals surface area (Å²) in [6, 6.07) is -0.160. The molecule has 1 fully saturated rings. The van der Waals surface area contributed by atoms with Gasteiger partial charge in [-0.05, 0) is 13.8 Å². The highest BCUT2D eigenvalue weighted by molar-refractivity contribution is 7.90. The van der Waals surface area contributed by atoms with E-state index in [0.29, 0.717) is 19.6 Å². The van der Waals surface area contributed by atoms with Gasteiger partial charge in [-0.1, -0.05) is 0 Å². The summed E-state index contributed by atoms with van der Waals surface area (Å²) in [5, 5.41) is 13.2. The van der Waals surface area contributed by atoms with Crippen molar-refractivity contribution in [3.8, 4) is 0 Å². The zero-order valence-corrected chi connectivity index (χ0v) is 10.9. The Labute approximate surface area is 97.1 Å². The summed E-state index contributed by atoms with van der Waals surface area (Å²) >= 11 is 0. The van der Waals surface area contributed by atoms with Gasteiger partial charge >= 0.3 is 0 Å². The molecule has 1 aliphatic rings. The van der Waals surface area contributed by atoms with Crippen molar-refractivity contribution in [1.82, 2.24) is 5.32 Å². The van der Waals surface area contributed by atoms with E-state index in [1.807, 2.05) is 6.92 Å². The number of hydrogen-bond acceptors (Lipinski definition) is 5. The van der Waals surface area contributed by atoms with Gasteiger partial charge in [-0.2, -0.15) is 0 Å². The summed E-state index contributed by atoms with van der Waals surface area (Å²) < 4.78 is 27.4. The highest BCUT2D eigenvalue weighted by Crippen LogP contribution is 2.24. The summed E-state index contributed by atoms with van der Waals surface area (Å²) in [5.74, 6) is 0.0817. The van der Waals surface area contributed by atoms with E-state index in [1.54, 1.807) is 6.92 Å². The Balaban J connectivity index is 2.39. The minimum absolute atomic E-state index is 0.0817. The van der Waals surface area contributed by atoms with E-state index < -0.39 is 15.4 Å². The highest BCUT2D eigenvalue weighted by Gasteiger charge is 2.39. The van der Waals surface area contributed by atoms with Gasteiger partial charge < -0.3 is 15.2 Å². The van der Waals surface area contributed by atoms with Crippen LogP contribution in [0, 0.1) is 0 Å². The van der Waals surface area contributed by atoms with Gasteiger partial charge in [0.2, 0.25) is 0 Å². The monoisotopic (exact) mass is 251 g/mol. The number of nitrogens with one attached hydrogen (secondary N) is 1. The summed E-state index contributed by atoms with van der Waals surface area (Å²) in [6.07, 6.45) is 1.60. The molecule has 3 unspecified atom stereocenters. The first-order chi connectivity index (χ1) is 7.23. The Kier molecular flexibility index (Phi) is 4.34. The number of rotatable bonds is 5. The van der Waals surface area contributed by atoms with E-state index in [9.17, 15) is 13.5 Å². The number of hydrogen-bond donors (Lipinski definition) is 2. The Morgan fingerprint density at radius 1 is 1.62 bits per heavy atom. The minimum Gasteiger partial charge on any atom is -0.386 e. The maximum Gasteiger partial charge on any atom is 0.148 e. The van der Waals surface area contributed by atoms with E-state index in [2.05, 4.69) is 5.32 Å². The van der Waals surface area contributed by atoms with Crippen molar-refractivity contribution in [1.29, 1.82) is 0 Å². The van der Waals surface area contributed by atoms with Crippen molar-refractivity contribution in [2.75, 3.05) is 25.2 Å². The standard InChI is InChI=1S/C10H21NO4S/c1-8(6-16(3,13)14)11-7-10(12)4-5-15-9(10)2/h8-9,11-12H,4-7H2,1-3H3. The van der Waals surface area contributed by atoms with Crippen molar-refractivity contribution >= 4 is 9.84 Å². The second-order valence-corrected chi connectivity index (χ2v) is 6.93. The van der Waals surface area contributed by atoms with Crippen LogP contribution in [-0.4, -0.2) is 56.4 Å². The van der Waals surface area contributed by atoms with Crippen LogP contribution in [0.15, 0.2) is 0 Å². The van der Waals surface area contributed by atoms with Crippen LogP contribution in [0.2, 0.25) is 0 Å². The molecular weight excluding hydrogens is 230 g/mol. The molecule has 0 amide bonds. The Morgan fingerprint density at radius 2 is 2.25 bits per heavy atom. The molecule has 3 atom stereocenters. The van der Waals surface area contributed by atoms with Crippen LogP contribution in [0.4, 0.5) is 0 Å². The van der Waals surface area contributed by atoms with E-state index in [-0.39, 0.29) is 17.9 Å².